The van der Waals surface area contributed by atoms with Gasteiger partial charge in [-0.15, -0.1) is 0 Å². The highest BCUT2D eigenvalue weighted by Gasteiger charge is 2.19. The third kappa shape index (κ3) is 4.43. The Balaban J connectivity index is 1.83. The molecule has 1 fully saturated rings. The van der Waals surface area contributed by atoms with Crippen molar-refractivity contribution in [1.29, 1.82) is 0 Å². The zero-order valence-electron chi connectivity index (χ0n) is 11.3. The molecule has 0 radical (unpaired) electrons. The molecular formula is C15H21ClN2O. The normalized spacial score (nSPS) is 17.8. The monoisotopic (exact) mass is 280 g/mol. The number of anilines is 1. The molecule has 1 atom stereocenters. The Kier molecular flexibility index (Phi) is 5.08. The Morgan fingerprint density at radius 3 is 2.47 bits per heavy atom. The first-order valence-electron chi connectivity index (χ1n) is 6.97. The maximum Gasteiger partial charge on any atom is 0.242 e. The van der Waals surface area contributed by atoms with E-state index in [1.54, 1.807) is 0 Å². The highest BCUT2D eigenvalue weighted by Crippen LogP contribution is 2.18. The number of rotatable bonds is 4. The van der Waals surface area contributed by atoms with Crippen molar-refractivity contribution in [1.82, 2.24) is 5.32 Å². The van der Waals surface area contributed by atoms with Gasteiger partial charge in [0.15, 0.2) is 0 Å². The van der Waals surface area contributed by atoms with E-state index in [-0.39, 0.29) is 11.9 Å². The van der Waals surface area contributed by atoms with Crippen molar-refractivity contribution >= 4 is 23.2 Å². The number of carbonyl (C=O) groups is 1. The van der Waals surface area contributed by atoms with Gasteiger partial charge in [-0.25, -0.2) is 0 Å². The fraction of sp³-hybridized carbons (Fsp3) is 0.533. The van der Waals surface area contributed by atoms with Gasteiger partial charge in [0.1, 0.15) is 6.04 Å². The molecule has 1 aromatic carbocycles. The molecule has 4 heteroatoms. The van der Waals surface area contributed by atoms with Crippen molar-refractivity contribution in [3.63, 3.8) is 0 Å². The van der Waals surface area contributed by atoms with Gasteiger partial charge in [0.25, 0.3) is 0 Å². The Morgan fingerprint density at radius 2 is 1.84 bits per heavy atom. The summed E-state index contributed by atoms with van der Waals surface area (Å²) in [4.78, 5) is 12.1. The fourth-order valence-corrected chi connectivity index (χ4v) is 2.56. The minimum absolute atomic E-state index is 0.0712. The summed E-state index contributed by atoms with van der Waals surface area (Å²) in [6.07, 6.45) is 5.97. The Morgan fingerprint density at radius 1 is 1.21 bits per heavy atom. The predicted molar refractivity (Wildman–Crippen MR) is 79.6 cm³/mol. The fourth-order valence-electron chi connectivity index (χ4n) is 2.43. The van der Waals surface area contributed by atoms with Gasteiger partial charge in [0.05, 0.1) is 0 Å². The summed E-state index contributed by atoms with van der Waals surface area (Å²) in [5.74, 6) is 0.0712. The summed E-state index contributed by atoms with van der Waals surface area (Å²) >= 11 is 5.83. The van der Waals surface area contributed by atoms with Gasteiger partial charge in [-0.1, -0.05) is 30.9 Å². The molecule has 2 N–H and O–H groups in total. The maximum atomic E-state index is 12.1. The topological polar surface area (TPSA) is 41.1 Å². The zero-order chi connectivity index (χ0) is 13.7. The van der Waals surface area contributed by atoms with E-state index in [0.29, 0.717) is 11.1 Å². The molecule has 0 heterocycles. The standard InChI is InChI=1S/C15H21ClN2O/c1-11(17-14-9-7-12(16)8-10-14)15(19)18-13-5-3-2-4-6-13/h7-11,13,17H,2-6H2,1H3,(H,18,19)/t11-/m1/s1. The maximum absolute atomic E-state index is 12.1. The van der Waals surface area contributed by atoms with Crippen LogP contribution in [0.25, 0.3) is 0 Å². The molecule has 2 rings (SSSR count). The van der Waals surface area contributed by atoms with E-state index >= 15 is 0 Å². The summed E-state index contributed by atoms with van der Waals surface area (Å²) in [6, 6.07) is 7.52. The molecule has 0 saturated heterocycles. The van der Waals surface area contributed by atoms with Crippen LogP contribution in [-0.2, 0) is 4.79 Å². The van der Waals surface area contributed by atoms with Gasteiger partial charge >= 0.3 is 0 Å². The Hall–Kier alpha value is -1.22. The van der Waals surface area contributed by atoms with Gasteiger partial charge in [-0.05, 0) is 44.0 Å². The lowest BCUT2D eigenvalue weighted by atomic mass is 9.95. The number of hydrogen-bond donors (Lipinski definition) is 2. The second kappa shape index (κ2) is 6.80. The molecule has 0 aliphatic heterocycles. The largest absolute Gasteiger partial charge is 0.374 e. The van der Waals surface area contributed by atoms with Crippen LogP contribution in [0.15, 0.2) is 24.3 Å². The van der Waals surface area contributed by atoms with E-state index in [1.165, 1.54) is 19.3 Å². The third-order valence-electron chi connectivity index (χ3n) is 3.57. The van der Waals surface area contributed by atoms with E-state index in [2.05, 4.69) is 10.6 Å². The lowest BCUT2D eigenvalue weighted by Gasteiger charge is -2.25. The van der Waals surface area contributed by atoms with E-state index in [4.69, 9.17) is 11.6 Å². The van der Waals surface area contributed by atoms with Crippen molar-refractivity contribution in [2.24, 2.45) is 0 Å². The van der Waals surface area contributed by atoms with Crippen LogP contribution in [0.2, 0.25) is 5.02 Å². The number of halogens is 1. The van der Waals surface area contributed by atoms with Crippen LogP contribution in [0.4, 0.5) is 5.69 Å². The number of amides is 1. The minimum atomic E-state index is -0.233. The summed E-state index contributed by atoms with van der Waals surface area (Å²) in [5, 5.41) is 7.01. The van der Waals surface area contributed by atoms with Crippen LogP contribution in [0.5, 0.6) is 0 Å². The van der Waals surface area contributed by atoms with E-state index < -0.39 is 0 Å². The van der Waals surface area contributed by atoms with Crippen LogP contribution in [-0.4, -0.2) is 18.0 Å². The lowest BCUT2D eigenvalue weighted by Crippen LogP contribution is -2.43. The van der Waals surface area contributed by atoms with Gasteiger partial charge < -0.3 is 10.6 Å². The molecule has 0 aromatic heterocycles. The number of carbonyl (C=O) groups excluding carboxylic acids is 1. The van der Waals surface area contributed by atoms with Crippen LogP contribution < -0.4 is 10.6 Å². The smallest absolute Gasteiger partial charge is 0.242 e. The molecule has 0 unspecified atom stereocenters. The minimum Gasteiger partial charge on any atom is -0.374 e. The predicted octanol–water partition coefficient (Wildman–Crippen LogP) is 3.59. The lowest BCUT2D eigenvalue weighted by molar-refractivity contribution is -0.122. The SMILES string of the molecule is C[C@@H](Nc1ccc(Cl)cc1)C(=O)NC1CCCCC1. The Labute approximate surface area is 119 Å². The average Bonchev–Trinajstić information content (AvgIpc) is 2.42. The summed E-state index contributed by atoms with van der Waals surface area (Å²) < 4.78 is 0. The van der Waals surface area contributed by atoms with Crippen LogP contribution in [0.3, 0.4) is 0 Å². The van der Waals surface area contributed by atoms with Crippen molar-refractivity contribution < 1.29 is 4.79 Å². The van der Waals surface area contributed by atoms with E-state index in [9.17, 15) is 4.79 Å². The van der Waals surface area contributed by atoms with Crippen LogP contribution >= 0.6 is 11.6 Å². The Bertz CT molecular complexity index is 413. The zero-order valence-corrected chi connectivity index (χ0v) is 12.0. The molecule has 1 aromatic rings. The van der Waals surface area contributed by atoms with Crippen LogP contribution in [0.1, 0.15) is 39.0 Å². The van der Waals surface area contributed by atoms with Gasteiger partial charge in [0, 0.05) is 16.8 Å². The summed E-state index contributed by atoms with van der Waals surface area (Å²) in [6.45, 7) is 1.88. The highest BCUT2D eigenvalue weighted by atomic mass is 35.5. The first kappa shape index (κ1) is 14.2. The second-order valence-corrected chi connectivity index (χ2v) is 5.65. The third-order valence-corrected chi connectivity index (χ3v) is 3.82. The second-order valence-electron chi connectivity index (χ2n) is 5.22. The first-order valence-corrected chi connectivity index (χ1v) is 7.35. The molecule has 0 spiro atoms. The molecule has 3 nitrogen and oxygen atoms in total. The molecule has 1 aliphatic carbocycles. The van der Waals surface area contributed by atoms with Gasteiger partial charge in [0.2, 0.25) is 5.91 Å². The van der Waals surface area contributed by atoms with Gasteiger partial charge in [-0.2, -0.15) is 0 Å². The van der Waals surface area contributed by atoms with Crippen molar-refractivity contribution in [2.75, 3.05) is 5.32 Å². The number of benzene rings is 1. The number of nitrogens with one attached hydrogen (secondary N) is 2. The molecule has 19 heavy (non-hydrogen) atoms. The molecule has 1 saturated carbocycles. The van der Waals surface area contributed by atoms with Crippen molar-refractivity contribution in [3.8, 4) is 0 Å². The number of hydrogen-bond acceptors (Lipinski definition) is 2. The summed E-state index contributed by atoms with van der Waals surface area (Å²) in [5.41, 5.74) is 0.913. The summed E-state index contributed by atoms with van der Waals surface area (Å²) in [7, 11) is 0. The van der Waals surface area contributed by atoms with Crippen molar-refractivity contribution in [2.45, 2.75) is 51.1 Å². The van der Waals surface area contributed by atoms with Gasteiger partial charge in [-0.3, -0.25) is 4.79 Å². The molecule has 0 bridgehead atoms. The van der Waals surface area contributed by atoms with Crippen LogP contribution in [0, 0.1) is 0 Å². The molecule has 104 valence electrons. The highest BCUT2D eigenvalue weighted by molar-refractivity contribution is 6.30. The van der Waals surface area contributed by atoms with E-state index in [0.717, 1.165) is 18.5 Å². The first-order chi connectivity index (χ1) is 9.15. The molecule has 1 amide bonds. The van der Waals surface area contributed by atoms with Crippen molar-refractivity contribution in [3.05, 3.63) is 29.3 Å². The molecular weight excluding hydrogens is 260 g/mol. The molecule has 1 aliphatic rings. The van der Waals surface area contributed by atoms with E-state index in [1.807, 2.05) is 31.2 Å². The quantitative estimate of drug-likeness (QED) is 0.885. The average molecular weight is 281 g/mol.